The first-order valence-corrected chi connectivity index (χ1v) is 10.3. The summed E-state index contributed by atoms with van der Waals surface area (Å²) >= 11 is 1.78. The number of anilines is 2. The van der Waals surface area contributed by atoms with E-state index in [9.17, 15) is 18.0 Å². The fraction of sp³-hybridized carbons (Fsp3) is 0.444. The maximum atomic E-state index is 13.4. The van der Waals surface area contributed by atoms with Crippen LogP contribution in [-0.2, 0) is 19.3 Å². The van der Waals surface area contributed by atoms with Crippen LogP contribution < -0.4 is 15.4 Å². The third-order valence-corrected chi connectivity index (χ3v) is 6.70. The molecule has 1 fully saturated rings. The zero-order chi connectivity index (χ0) is 19.2. The van der Waals surface area contributed by atoms with Crippen molar-refractivity contribution < 1.29 is 13.2 Å². The summed E-state index contributed by atoms with van der Waals surface area (Å²) in [6, 6.07) is 5.95. The molecule has 2 aliphatic heterocycles. The third-order valence-electron chi connectivity index (χ3n) is 5.30. The van der Waals surface area contributed by atoms with Crippen LogP contribution in [0.3, 0.4) is 0 Å². The Morgan fingerprint density at radius 2 is 1.85 bits per heavy atom. The molecular formula is C18H20AsF3N4O. The zero-order valence-corrected chi connectivity index (χ0v) is 17.0. The number of nitrogens with one attached hydrogen (secondary N) is 1. The van der Waals surface area contributed by atoms with Gasteiger partial charge in [0.1, 0.15) is 0 Å². The molecule has 0 bridgehead atoms. The van der Waals surface area contributed by atoms with Crippen LogP contribution in [0.4, 0.5) is 24.5 Å². The van der Waals surface area contributed by atoms with Crippen LogP contribution in [0.1, 0.15) is 29.5 Å². The number of aromatic amines is 1. The molecule has 0 aliphatic carbocycles. The summed E-state index contributed by atoms with van der Waals surface area (Å²) in [5.74, 6) is 0. The van der Waals surface area contributed by atoms with Crippen molar-refractivity contribution in [3.63, 3.8) is 0 Å². The van der Waals surface area contributed by atoms with Gasteiger partial charge >= 0.3 is 163 Å². The summed E-state index contributed by atoms with van der Waals surface area (Å²) in [7, 11) is 0. The van der Waals surface area contributed by atoms with Gasteiger partial charge in [-0.1, -0.05) is 0 Å². The molecule has 1 unspecified atom stereocenters. The number of nitrogens with zero attached hydrogens (tertiary/aromatic N) is 3. The fourth-order valence-electron chi connectivity index (χ4n) is 3.91. The van der Waals surface area contributed by atoms with Crippen molar-refractivity contribution >= 4 is 28.2 Å². The van der Waals surface area contributed by atoms with E-state index >= 15 is 0 Å². The van der Waals surface area contributed by atoms with E-state index in [1.807, 2.05) is 23.3 Å². The molecule has 27 heavy (non-hydrogen) atoms. The van der Waals surface area contributed by atoms with Crippen molar-refractivity contribution in [3.05, 3.63) is 51.4 Å². The molecule has 1 saturated heterocycles. The summed E-state index contributed by atoms with van der Waals surface area (Å²) in [6.45, 7) is 2.62. The van der Waals surface area contributed by atoms with Gasteiger partial charge in [-0.05, 0) is 0 Å². The van der Waals surface area contributed by atoms with E-state index in [0.717, 1.165) is 53.6 Å². The van der Waals surface area contributed by atoms with E-state index < -0.39 is 17.3 Å². The number of hydrogen-bond donors (Lipinski definition) is 1. The molecule has 1 N–H and O–H groups in total. The maximum absolute atomic E-state index is 13.4. The van der Waals surface area contributed by atoms with Crippen LogP contribution in [0.15, 0.2) is 29.2 Å². The molecule has 0 radical (unpaired) electrons. The SMILES string of the molecule is O=c1[nH]ncc(N2Cc3cccc(N4CCC([AsH2])CC4)c3C2)c1C(F)(F)F. The molecule has 4 rings (SSSR count). The number of piperidine rings is 1. The molecule has 144 valence electrons. The third kappa shape index (κ3) is 3.47. The number of benzene rings is 1. The van der Waals surface area contributed by atoms with Crippen molar-refractivity contribution in [3.8, 4) is 0 Å². The standard InChI is InChI=1S/C18H20AsF3N4O/c19-12-4-6-25(7-5-12)14-3-1-2-11-9-26(10-13(11)14)15-8-23-24-17(27)16(15)18(20,21)22/h1-3,8,12H,4-7,9-10,19H2,(H,24,27). The Bertz CT molecular complexity index is 906. The number of hydrogen-bond acceptors (Lipinski definition) is 4. The molecule has 1 atom stereocenters. The Labute approximate surface area is 163 Å². The second-order valence-electron chi connectivity index (χ2n) is 7.05. The molecule has 2 aromatic rings. The van der Waals surface area contributed by atoms with Crippen molar-refractivity contribution in [1.29, 1.82) is 0 Å². The van der Waals surface area contributed by atoms with Crippen LogP contribution in [-0.4, -0.2) is 40.1 Å². The molecule has 5 nitrogen and oxygen atoms in total. The van der Waals surface area contributed by atoms with Gasteiger partial charge in [-0.2, -0.15) is 0 Å². The second-order valence-corrected chi connectivity index (χ2v) is 9.03. The Balaban J connectivity index is 1.68. The summed E-state index contributed by atoms with van der Waals surface area (Å²) < 4.78 is 41.0. The van der Waals surface area contributed by atoms with Crippen LogP contribution in [0.2, 0.25) is 4.71 Å². The van der Waals surface area contributed by atoms with E-state index in [1.165, 1.54) is 0 Å². The van der Waals surface area contributed by atoms with Gasteiger partial charge in [-0.3, -0.25) is 0 Å². The zero-order valence-electron chi connectivity index (χ0n) is 14.6. The monoisotopic (exact) mass is 440 g/mol. The van der Waals surface area contributed by atoms with E-state index in [1.54, 1.807) is 21.8 Å². The summed E-state index contributed by atoms with van der Waals surface area (Å²) in [6.07, 6.45) is -1.35. The van der Waals surface area contributed by atoms with Crippen molar-refractivity contribution in [1.82, 2.24) is 10.2 Å². The Kier molecular flexibility index (Phi) is 4.70. The van der Waals surface area contributed by atoms with Gasteiger partial charge < -0.3 is 0 Å². The number of halogens is 3. The number of rotatable bonds is 2. The van der Waals surface area contributed by atoms with Crippen molar-refractivity contribution in [2.24, 2.45) is 0 Å². The molecule has 1 aromatic heterocycles. The number of aromatic nitrogens is 2. The average Bonchev–Trinajstić information content (AvgIpc) is 3.05. The van der Waals surface area contributed by atoms with Gasteiger partial charge in [0.25, 0.3) is 0 Å². The van der Waals surface area contributed by atoms with Crippen molar-refractivity contribution in [2.75, 3.05) is 22.9 Å². The first-order chi connectivity index (χ1) is 12.8. The fourth-order valence-corrected chi connectivity index (χ4v) is 4.54. The summed E-state index contributed by atoms with van der Waals surface area (Å²) in [5.41, 5.74) is 0.600. The van der Waals surface area contributed by atoms with Crippen LogP contribution in [0.25, 0.3) is 0 Å². The number of H-pyrrole nitrogens is 1. The van der Waals surface area contributed by atoms with Gasteiger partial charge in [0.2, 0.25) is 0 Å². The Hall–Kier alpha value is -1.95. The predicted octanol–water partition coefficient (Wildman–Crippen LogP) is 2.33. The Morgan fingerprint density at radius 3 is 2.56 bits per heavy atom. The Morgan fingerprint density at radius 1 is 1.11 bits per heavy atom. The number of fused-ring (bicyclic) bond motifs is 1. The van der Waals surface area contributed by atoms with E-state index in [4.69, 9.17) is 0 Å². The second kappa shape index (κ2) is 6.89. The van der Waals surface area contributed by atoms with Crippen LogP contribution >= 0.6 is 0 Å². The molecule has 2 aliphatic rings. The molecule has 0 spiro atoms. The molecule has 0 amide bonds. The van der Waals surface area contributed by atoms with Gasteiger partial charge in [-0.15, -0.1) is 0 Å². The minimum absolute atomic E-state index is 0.164. The average molecular weight is 440 g/mol. The first-order valence-electron chi connectivity index (χ1n) is 8.85. The molecule has 3 heterocycles. The van der Waals surface area contributed by atoms with Gasteiger partial charge in [0, 0.05) is 0 Å². The molecular weight excluding hydrogens is 420 g/mol. The van der Waals surface area contributed by atoms with E-state index in [-0.39, 0.29) is 5.69 Å². The van der Waals surface area contributed by atoms with Crippen LogP contribution in [0, 0.1) is 0 Å². The normalized spacial score (nSPS) is 18.1. The molecule has 0 saturated carbocycles. The summed E-state index contributed by atoms with van der Waals surface area (Å²) in [5, 5.41) is 5.50. The minimum atomic E-state index is -4.73. The van der Waals surface area contributed by atoms with Gasteiger partial charge in [0.15, 0.2) is 0 Å². The topological polar surface area (TPSA) is 52.2 Å². The van der Waals surface area contributed by atoms with Gasteiger partial charge in [0.05, 0.1) is 0 Å². The first kappa shape index (κ1) is 18.4. The molecule has 9 heteroatoms. The quantitative estimate of drug-likeness (QED) is 0.729. The summed E-state index contributed by atoms with van der Waals surface area (Å²) in [4.78, 5) is 15.7. The number of alkyl halides is 3. The van der Waals surface area contributed by atoms with Crippen molar-refractivity contribution in [2.45, 2.75) is 36.8 Å². The van der Waals surface area contributed by atoms with E-state index in [0.29, 0.717) is 13.1 Å². The predicted molar refractivity (Wildman–Crippen MR) is 99.9 cm³/mol. The van der Waals surface area contributed by atoms with Crippen LogP contribution in [0.5, 0.6) is 0 Å². The molecule has 1 aromatic carbocycles. The van der Waals surface area contributed by atoms with E-state index in [2.05, 4.69) is 10.00 Å². The van der Waals surface area contributed by atoms with Gasteiger partial charge in [-0.25, -0.2) is 0 Å².